The van der Waals surface area contributed by atoms with E-state index < -0.39 is 0 Å². The lowest BCUT2D eigenvalue weighted by atomic mass is 9.85. The van der Waals surface area contributed by atoms with Crippen molar-refractivity contribution in [3.05, 3.63) is 34.9 Å². The molecule has 0 saturated carbocycles. The second-order valence-electron chi connectivity index (χ2n) is 5.40. The summed E-state index contributed by atoms with van der Waals surface area (Å²) in [7, 11) is 0. The number of rotatable bonds is 1. The van der Waals surface area contributed by atoms with Crippen molar-refractivity contribution in [2.45, 2.75) is 46.1 Å². The highest BCUT2D eigenvalue weighted by molar-refractivity contribution is 5.35. The fourth-order valence-corrected chi connectivity index (χ4v) is 3.27. The van der Waals surface area contributed by atoms with Crippen LogP contribution in [-0.2, 0) is 6.42 Å². The summed E-state index contributed by atoms with van der Waals surface area (Å²) >= 11 is 0. The quantitative estimate of drug-likeness (QED) is 0.833. The highest BCUT2D eigenvalue weighted by Crippen LogP contribution is 2.34. The summed E-state index contributed by atoms with van der Waals surface area (Å²) in [6.07, 6.45) is 3.97. The van der Waals surface area contributed by atoms with Gasteiger partial charge in [-0.3, -0.25) is 4.90 Å². The zero-order chi connectivity index (χ0) is 13.7. The first kappa shape index (κ1) is 14.5. The molecule has 1 aromatic rings. The zero-order valence-electron chi connectivity index (χ0n) is 12.7. The van der Waals surface area contributed by atoms with Crippen LogP contribution in [0.3, 0.4) is 0 Å². The van der Waals surface area contributed by atoms with Crippen molar-refractivity contribution in [3.63, 3.8) is 0 Å². The number of piperazine rings is 1. The van der Waals surface area contributed by atoms with Crippen molar-refractivity contribution in [2.75, 3.05) is 26.2 Å². The van der Waals surface area contributed by atoms with Gasteiger partial charge in [0.05, 0.1) is 0 Å². The van der Waals surface area contributed by atoms with Crippen LogP contribution >= 0.6 is 0 Å². The molecule has 3 rings (SSSR count). The van der Waals surface area contributed by atoms with Crippen molar-refractivity contribution < 1.29 is 0 Å². The molecule has 1 heterocycles. The van der Waals surface area contributed by atoms with Crippen LogP contribution in [0, 0.1) is 6.92 Å². The highest BCUT2D eigenvalue weighted by atomic mass is 15.2. The summed E-state index contributed by atoms with van der Waals surface area (Å²) < 4.78 is 0. The smallest absolute Gasteiger partial charge is 0.0352 e. The van der Waals surface area contributed by atoms with Gasteiger partial charge in [-0.25, -0.2) is 0 Å². The third-order valence-corrected chi connectivity index (χ3v) is 4.18. The maximum atomic E-state index is 3.45. The Balaban J connectivity index is 0.000000637. The number of aryl methyl sites for hydroxylation is 2. The molecule has 0 aromatic heterocycles. The van der Waals surface area contributed by atoms with Crippen LogP contribution in [0.2, 0.25) is 0 Å². The summed E-state index contributed by atoms with van der Waals surface area (Å²) in [5, 5.41) is 3.45. The van der Waals surface area contributed by atoms with Crippen LogP contribution in [0.4, 0.5) is 0 Å². The number of hydrogen-bond acceptors (Lipinski definition) is 2. The average molecular weight is 260 g/mol. The van der Waals surface area contributed by atoms with Gasteiger partial charge in [0, 0.05) is 32.2 Å². The summed E-state index contributed by atoms with van der Waals surface area (Å²) in [6.45, 7) is 10.9. The number of benzene rings is 1. The number of nitrogens with one attached hydrogen (secondary N) is 1. The monoisotopic (exact) mass is 260 g/mol. The van der Waals surface area contributed by atoms with Crippen LogP contribution in [-0.4, -0.2) is 31.1 Å². The lowest BCUT2D eigenvalue weighted by Gasteiger charge is -2.38. The molecule has 1 unspecified atom stereocenters. The molecule has 2 heteroatoms. The number of fused-ring (bicyclic) bond motifs is 1. The van der Waals surface area contributed by atoms with Gasteiger partial charge in [0.2, 0.25) is 0 Å². The number of hydrogen-bond donors (Lipinski definition) is 1. The van der Waals surface area contributed by atoms with Crippen molar-refractivity contribution in [2.24, 2.45) is 0 Å². The van der Waals surface area contributed by atoms with Crippen molar-refractivity contribution in [1.29, 1.82) is 0 Å². The molecule has 0 bridgehead atoms. The van der Waals surface area contributed by atoms with Crippen molar-refractivity contribution in [1.82, 2.24) is 10.2 Å². The van der Waals surface area contributed by atoms with Crippen molar-refractivity contribution >= 4 is 0 Å². The Morgan fingerprint density at radius 1 is 1.16 bits per heavy atom. The minimum Gasteiger partial charge on any atom is -0.314 e. The van der Waals surface area contributed by atoms with Gasteiger partial charge in [-0.15, -0.1) is 0 Å². The van der Waals surface area contributed by atoms with Gasteiger partial charge in [-0.1, -0.05) is 37.6 Å². The predicted molar refractivity (Wildman–Crippen MR) is 82.6 cm³/mol. The van der Waals surface area contributed by atoms with Crippen LogP contribution in [0.1, 0.15) is 49.4 Å². The van der Waals surface area contributed by atoms with E-state index in [4.69, 9.17) is 0 Å². The molecular formula is C17H28N2. The fraction of sp³-hybridized carbons (Fsp3) is 0.647. The topological polar surface area (TPSA) is 15.3 Å². The van der Waals surface area contributed by atoms with Gasteiger partial charge in [-0.05, 0) is 37.3 Å². The van der Waals surface area contributed by atoms with Crippen LogP contribution in [0.25, 0.3) is 0 Å². The average Bonchev–Trinajstić information content (AvgIpc) is 2.49. The van der Waals surface area contributed by atoms with Gasteiger partial charge in [0.25, 0.3) is 0 Å². The molecule has 0 spiro atoms. The van der Waals surface area contributed by atoms with Gasteiger partial charge < -0.3 is 5.32 Å². The van der Waals surface area contributed by atoms with Gasteiger partial charge in [0.15, 0.2) is 0 Å². The molecule has 0 amide bonds. The maximum Gasteiger partial charge on any atom is 0.0352 e. The number of nitrogens with zero attached hydrogens (tertiary/aromatic N) is 1. The molecule has 106 valence electrons. The lowest BCUT2D eigenvalue weighted by Crippen LogP contribution is -2.45. The third-order valence-electron chi connectivity index (χ3n) is 4.18. The highest BCUT2D eigenvalue weighted by Gasteiger charge is 2.26. The molecule has 1 fully saturated rings. The van der Waals surface area contributed by atoms with Crippen molar-refractivity contribution in [3.8, 4) is 0 Å². The SMILES string of the molecule is CC.Cc1ccc2c(c1)C(N1CCNCC1)CCC2. The zero-order valence-corrected chi connectivity index (χ0v) is 12.7. The molecule has 1 aliphatic carbocycles. The normalized spacial score (nSPS) is 23.2. The molecule has 1 aromatic carbocycles. The molecule has 2 aliphatic rings. The second kappa shape index (κ2) is 7.06. The standard InChI is InChI=1S/C15H22N2.C2H6/c1-12-5-6-13-3-2-4-15(14(13)11-12)17-9-7-16-8-10-17;1-2/h5-6,11,15-16H,2-4,7-10H2,1H3;1-2H3. The minimum atomic E-state index is 0.681. The Bertz CT molecular complexity index is 394. The Hall–Kier alpha value is -0.860. The van der Waals surface area contributed by atoms with E-state index in [0.717, 1.165) is 13.1 Å². The van der Waals surface area contributed by atoms with Gasteiger partial charge in [-0.2, -0.15) is 0 Å². The molecular weight excluding hydrogens is 232 g/mol. The Labute approximate surface area is 118 Å². The van der Waals surface area contributed by atoms with E-state index in [0.29, 0.717) is 6.04 Å². The largest absolute Gasteiger partial charge is 0.314 e. The van der Waals surface area contributed by atoms with Gasteiger partial charge in [0.1, 0.15) is 0 Å². The van der Waals surface area contributed by atoms with E-state index in [1.807, 2.05) is 13.8 Å². The minimum absolute atomic E-state index is 0.681. The molecule has 1 saturated heterocycles. The first-order valence-electron chi connectivity index (χ1n) is 7.89. The van der Waals surface area contributed by atoms with Crippen LogP contribution in [0.15, 0.2) is 18.2 Å². The maximum absolute atomic E-state index is 3.45. The molecule has 0 radical (unpaired) electrons. The molecule has 2 nitrogen and oxygen atoms in total. The van der Waals surface area contributed by atoms with Crippen LogP contribution in [0.5, 0.6) is 0 Å². The fourth-order valence-electron chi connectivity index (χ4n) is 3.27. The Kier molecular flexibility index (Phi) is 5.41. The van der Waals surface area contributed by atoms with E-state index in [9.17, 15) is 0 Å². The lowest BCUT2D eigenvalue weighted by molar-refractivity contribution is 0.158. The molecule has 1 aliphatic heterocycles. The Morgan fingerprint density at radius 3 is 2.63 bits per heavy atom. The second-order valence-corrected chi connectivity index (χ2v) is 5.40. The van der Waals surface area contributed by atoms with Crippen LogP contribution < -0.4 is 5.32 Å². The Morgan fingerprint density at radius 2 is 1.89 bits per heavy atom. The van der Waals surface area contributed by atoms with Gasteiger partial charge >= 0.3 is 0 Å². The predicted octanol–water partition coefficient (Wildman–Crippen LogP) is 3.30. The van der Waals surface area contributed by atoms with E-state index in [1.54, 1.807) is 11.1 Å². The van der Waals surface area contributed by atoms with E-state index >= 15 is 0 Å². The summed E-state index contributed by atoms with van der Waals surface area (Å²) in [5.74, 6) is 0. The summed E-state index contributed by atoms with van der Waals surface area (Å²) in [6, 6.07) is 7.71. The van der Waals surface area contributed by atoms with E-state index in [2.05, 4.69) is 35.3 Å². The summed E-state index contributed by atoms with van der Waals surface area (Å²) in [5.41, 5.74) is 4.61. The summed E-state index contributed by atoms with van der Waals surface area (Å²) in [4.78, 5) is 2.67. The third kappa shape index (κ3) is 3.37. The van der Waals surface area contributed by atoms with E-state index in [-0.39, 0.29) is 0 Å². The molecule has 19 heavy (non-hydrogen) atoms. The van der Waals surface area contributed by atoms with E-state index in [1.165, 1.54) is 37.9 Å². The molecule has 1 atom stereocenters. The molecule has 1 N–H and O–H groups in total. The first-order chi connectivity index (χ1) is 9.34. The first-order valence-corrected chi connectivity index (χ1v) is 7.89.